The number of ether oxygens (including phenoxy) is 5. The van der Waals surface area contributed by atoms with Crippen LogP contribution in [0.4, 0.5) is 5.82 Å². The highest BCUT2D eigenvalue weighted by Gasteiger charge is 2.23. The summed E-state index contributed by atoms with van der Waals surface area (Å²) in [4.78, 5) is 6.74. The molecule has 2 heterocycles. The largest absolute Gasteiger partial charge is 0.497 e. The van der Waals surface area contributed by atoms with Gasteiger partial charge in [0.05, 0.1) is 48.4 Å². The third-order valence-corrected chi connectivity index (χ3v) is 5.96. The Balaban J connectivity index is 1.85. The minimum Gasteiger partial charge on any atom is -0.497 e. The van der Waals surface area contributed by atoms with Gasteiger partial charge in [-0.15, -0.1) is 0 Å². The Morgan fingerprint density at radius 2 is 1.36 bits per heavy atom. The Hall–Kier alpha value is -4.18. The topological polar surface area (TPSA) is 99.8 Å². The first-order valence-corrected chi connectivity index (χ1v) is 11.2. The van der Waals surface area contributed by atoms with Gasteiger partial charge >= 0.3 is 0 Å². The highest BCUT2D eigenvalue weighted by Crippen LogP contribution is 2.37. The molecule has 2 aromatic carbocycles. The van der Waals surface area contributed by atoms with Gasteiger partial charge in [-0.1, -0.05) is 0 Å². The van der Waals surface area contributed by atoms with Crippen molar-refractivity contribution in [3.05, 3.63) is 65.6 Å². The van der Waals surface area contributed by atoms with Crippen LogP contribution < -0.4 is 28.6 Å². The zero-order chi connectivity index (χ0) is 25.7. The molecule has 0 saturated heterocycles. The van der Waals surface area contributed by atoms with Crippen LogP contribution in [-0.2, 0) is 19.7 Å². The van der Waals surface area contributed by atoms with Gasteiger partial charge in [-0.25, -0.2) is 9.50 Å². The van der Waals surface area contributed by atoms with E-state index >= 15 is 0 Å². The minimum atomic E-state index is -0.179. The Kier molecular flexibility index (Phi) is 7.65. The first kappa shape index (κ1) is 24.9. The van der Waals surface area contributed by atoms with E-state index in [9.17, 15) is 5.11 Å². The molecule has 190 valence electrons. The summed E-state index contributed by atoms with van der Waals surface area (Å²) < 4.78 is 29.4. The molecule has 4 aromatic rings. The predicted molar refractivity (Wildman–Crippen MR) is 134 cm³/mol. The van der Waals surface area contributed by atoms with Gasteiger partial charge < -0.3 is 33.7 Å². The van der Waals surface area contributed by atoms with E-state index in [2.05, 4.69) is 15.0 Å². The summed E-state index contributed by atoms with van der Waals surface area (Å²) in [6.45, 7) is 0.691. The van der Waals surface area contributed by atoms with Crippen LogP contribution in [0.25, 0.3) is 5.52 Å². The predicted octanol–water partition coefficient (Wildman–Crippen LogP) is 3.47. The second-order valence-corrected chi connectivity index (χ2v) is 7.93. The smallest absolute Gasteiger partial charge is 0.187 e. The summed E-state index contributed by atoms with van der Waals surface area (Å²) in [5.41, 5.74) is 3.13. The molecule has 0 aliphatic rings. The highest BCUT2D eigenvalue weighted by molar-refractivity contribution is 5.74. The lowest BCUT2D eigenvalue weighted by molar-refractivity contribution is 0.283. The van der Waals surface area contributed by atoms with Gasteiger partial charge in [0.15, 0.2) is 11.6 Å². The molecule has 0 atom stereocenters. The third-order valence-electron chi connectivity index (χ3n) is 5.96. The minimum absolute atomic E-state index is 0.179. The van der Waals surface area contributed by atoms with E-state index in [-0.39, 0.29) is 6.61 Å². The van der Waals surface area contributed by atoms with Crippen LogP contribution in [0.5, 0.6) is 28.7 Å². The molecular formula is C26H30N4O6. The van der Waals surface area contributed by atoms with Crippen LogP contribution in [-0.4, -0.2) is 55.3 Å². The highest BCUT2D eigenvalue weighted by atomic mass is 16.5. The molecule has 1 N–H and O–H groups in total. The van der Waals surface area contributed by atoms with Crippen LogP contribution in [0, 0.1) is 0 Å². The number of aromatic nitrogens is 3. The molecule has 4 rings (SSSR count). The van der Waals surface area contributed by atoms with E-state index in [1.165, 1.54) is 0 Å². The Bertz CT molecular complexity index is 1280. The zero-order valence-electron chi connectivity index (χ0n) is 21.0. The lowest BCUT2D eigenvalue weighted by atomic mass is 10.1. The molecule has 0 aliphatic heterocycles. The van der Waals surface area contributed by atoms with Crippen molar-refractivity contribution in [2.24, 2.45) is 0 Å². The first-order valence-electron chi connectivity index (χ1n) is 11.2. The lowest BCUT2D eigenvalue weighted by Gasteiger charge is -2.27. The van der Waals surface area contributed by atoms with Gasteiger partial charge in [-0.05, 0) is 24.3 Å². The van der Waals surface area contributed by atoms with Crippen molar-refractivity contribution in [3.63, 3.8) is 0 Å². The van der Waals surface area contributed by atoms with Crippen molar-refractivity contribution in [1.82, 2.24) is 14.6 Å². The van der Waals surface area contributed by atoms with Gasteiger partial charge in [0.1, 0.15) is 34.8 Å². The molecule has 0 fully saturated rings. The average Bonchev–Trinajstić information content (AvgIpc) is 3.35. The lowest BCUT2D eigenvalue weighted by Crippen LogP contribution is -2.25. The maximum Gasteiger partial charge on any atom is 0.187 e. The number of anilines is 1. The monoisotopic (exact) mass is 494 g/mol. The van der Waals surface area contributed by atoms with Crippen LogP contribution in [0.3, 0.4) is 0 Å². The van der Waals surface area contributed by atoms with Crippen molar-refractivity contribution in [1.29, 1.82) is 0 Å². The van der Waals surface area contributed by atoms with E-state index in [1.54, 1.807) is 52.6 Å². The van der Waals surface area contributed by atoms with E-state index in [0.29, 0.717) is 58.7 Å². The van der Waals surface area contributed by atoms with Crippen LogP contribution >= 0.6 is 0 Å². The number of aliphatic hydroxyl groups excluding tert-OH is 1. The molecule has 10 heteroatoms. The number of methoxy groups -OCH3 is 5. The van der Waals surface area contributed by atoms with Crippen molar-refractivity contribution in [2.45, 2.75) is 19.7 Å². The fourth-order valence-electron chi connectivity index (χ4n) is 4.12. The summed E-state index contributed by atoms with van der Waals surface area (Å²) in [5, 5.41) is 14.2. The summed E-state index contributed by atoms with van der Waals surface area (Å²) >= 11 is 0. The second-order valence-electron chi connectivity index (χ2n) is 7.93. The van der Waals surface area contributed by atoms with E-state index < -0.39 is 0 Å². The van der Waals surface area contributed by atoms with Crippen LogP contribution in [0.15, 0.2) is 48.9 Å². The molecule has 10 nitrogen and oxygen atoms in total. The molecule has 0 radical (unpaired) electrons. The Morgan fingerprint density at radius 1 is 0.778 bits per heavy atom. The van der Waals surface area contributed by atoms with E-state index in [0.717, 1.165) is 11.1 Å². The zero-order valence-corrected chi connectivity index (χ0v) is 21.0. The average molecular weight is 495 g/mol. The van der Waals surface area contributed by atoms with Crippen LogP contribution in [0.1, 0.15) is 16.7 Å². The number of aliphatic hydroxyl groups is 1. The standard InChI is InChI=1S/C26H30N4O6/c1-32-20-8-6-17(22(10-20)34-3)13-29(14-18-7-9-21(33-2)11-23(18)35-4)26-25(36-5)24-19(15-31)12-28-30(24)16-27-26/h6-12,16,31H,13-15H2,1-5H3. The SMILES string of the molecule is COc1ccc(CN(Cc2ccc(OC)cc2OC)c2ncn3ncc(CO)c3c2OC)c(OC)c1. The van der Waals surface area contributed by atoms with Crippen LogP contribution in [0.2, 0.25) is 0 Å². The molecule has 36 heavy (non-hydrogen) atoms. The van der Waals surface area contributed by atoms with Gasteiger partial charge in [0, 0.05) is 41.9 Å². The van der Waals surface area contributed by atoms with Crippen molar-refractivity contribution < 1.29 is 28.8 Å². The van der Waals surface area contributed by atoms with E-state index in [4.69, 9.17) is 23.7 Å². The summed E-state index contributed by atoms with van der Waals surface area (Å²) in [7, 11) is 8.06. The summed E-state index contributed by atoms with van der Waals surface area (Å²) in [5.74, 6) is 3.84. The summed E-state index contributed by atoms with van der Waals surface area (Å²) in [6.07, 6.45) is 3.21. The quantitative estimate of drug-likeness (QED) is 0.336. The Morgan fingerprint density at radius 3 is 1.83 bits per heavy atom. The molecule has 0 amide bonds. The molecule has 0 unspecified atom stereocenters. The number of rotatable bonds is 11. The molecule has 2 aromatic heterocycles. The second kappa shape index (κ2) is 11.0. The fourth-order valence-corrected chi connectivity index (χ4v) is 4.12. The van der Waals surface area contributed by atoms with Crippen molar-refractivity contribution in [2.75, 3.05) is 40.4 Å². The molecule has 0 saturated carbocycles. The number of fused-ring (bicyclic) bond motifs is 1. The molecule has 0 bridgehead atoms. The normalized spacial score (nSPS) is 10.8. The van der Waals surface area contributed by atoms with Gasteiger partial charge in [0.25, 0.3) is 0 Å². The van der Waals surface area contributed by atoms with Gasteiger partial charge in [-0.3, -0.25) is 0 Å². The molecule has 0 spiro atoms. The third kappa shape index (κ3) is 4.80. The van der Waals surface area contributed by atoms with Crippen molar-refractivity contribution in [3.8, 4) is 28.7 Å². The number of hydrogen-bond acceptors (Lipinski definition) is 9. The fraction of sp³-hybridized carbons (Fsp3) is 0.308. The number of nitrogens with zero attached hydrogens (tertiary/aromatic N) is 4. The Labute approximate surface area is 209 Å². The molecule has 0 aliphatic carbocycles. The van der Waals surface area contributed by atoms with E-state index in [1.807, 2.05) is 36.4 Å². The van der Waals surface area contributed by atoms with Gasteiger partial charge in [-0.2, -0.15) is 5.10 Å². The number of benzene rings is 2. The first-order chi connectivity index (χ1) is 17.6. The van der Waals surface area contributed by atoms with Gasteiger partial charge in [0.2, 0.25) is 0 Å². The maximum atomic E-state index is 9.88. The maximum absolute atomic E-state index is 9.88. The van der Waals surface area contributed by atoms with Crippen molar-refractivity contribution >= 4 is 11.3 Å². The molecular weight excluding hydrogens is 464 g/mol. The summed E-state index contributed by atoms with van der Waals surface area (Å²) in [6, 6.07) is 11.4. The number of hydrogen-bond donors (Lipinski definition) is 1.